The number of allylic oxidation sites excluding steroid dienone is 1. The first-order valence-electron chi connectivity index (χ1n) is 11.4. The van der Waals surface area contributed by atoms with Crippen molar-refractivity contribution in [3.05, 3.63) is 101 Å². The Labute approximate surface area is 209 Å². The van der Waals surface area contributed by atoms with Crippen LogP contribution in [0.5, 0.6) is 17.2 Å². The average Bonchev–Trinajstić information content (AvgIpc) is 2.90. The van der Waals surface area contributed by atoms with E-state index in [1.54, 1.807) is 19.1 Å². The van der Waals surface area contributed by atoms with E-state index in [0.29, 0.717) is 35.1 Å². The van der Waals surface area contributed by atoms with Gasteiger partial charge in [0.1, 0.15) is 13.2 Å². The molecule has 0 aromatic heterocycles. The highest BCUT2D eigenvalue weighted by molar-refractivity contribution is 5.95. The molecule has 0 saturated heterocycles. The predicted octanol–water partition coefficient (Wildman–Crippen LogP) is 4.65. The van der Waals surface area contributed by atoms with Crippen LogP contribution in [-0.2, 0) is 22.7 Å². The molecule has 0 fully saturated rings. The third-order valence-corrected chi connectivity index (χ3v) is 5.74. The minimum Gasteiger partial charge on any atom is -0.493 e. The highest BCUT2D eigenvalue weighted by atomic mass is 16.5. The molecular formula is C28H28N2O6. The largest absolute Gasteiger partial charge is 0.493 e. The van der Waals surface area contributed by atoms with Crippen molar-refractivity contribution < 1.29 is 28.5 Å². The zero-order valence-electron chi connectivity index (χ0n) is 20.4. The van der Waals surface area contributed by atoms with Crippen molar-refractivity contribution in [1.29, 1.82) is 0 Å². The van der Waals surface area contributed by atoms with Crippen LogP contribution >= 0.6 is 0 Å². The lowest BCUT2D eigenvalue weighted by Crippen LogP contribution is -2.45. The molecule has 8 heteroatoms. The number of amides is 2. The zero-order chi connectivity index (χ0) is 25.5. The van der Waals surface area contributed by atoms with E-state index in [-0.39, 0.29) is 12.2 Å². The van der Waals surface area contributed by atoms with Gasteiger partial charge < -0.3 is 29.6 Å². The second-order valence-corrected chi connectivity index (χ2v) is 8.16. The first-order valence-corrected chi connectivity index (χ1v) is 11.4. The van der Waals surface area contributed by atoms with Crippen LogP contribution in [-0.4, -0.2) is 26.2 Å². The minimum atomic E-state index is -0.784. The highest BCUT2D eigenvalue weighted by Crippen LogP contribution is 2.42. The van der Waals surface area contributed by atoms with E-state index >= 15 is 0 Å². The number of methoxy groups -OCH3 is 2. The van der Waals surface area contributed by atoms with E-state index in [1.165, 1.54) is 14.2 Å². The Morgan fingerprint density at radius 3 is 1.97 bits per heavy atom. The molecule has 3 aromatic carbocycles. The summed E-state index contributed by atoms with van der Waals surface area (Å²) < 4.78 is 22.8. The fraction of sp³-hybridized carbons (Fsp3) is 0.214. The summed E-state index contributed by atoms with van der Waals surface area (Å²) in [6.07, 6.45) is 0. The van der Waals surface area contributed by atoms with Gasteiger partial charge in [0, 0.05) is 5.70 Å². The van der Waals surface area contributed by atoms with Gasteiger partial charge >= 0.3 is 12.0 Å². The minimum absolute atomic E-state index is 0.107. The smallest absolute Gasteiger partial charge is 0.338 e. The van der Waals surface area contributed by atoms with Crippen LogP contribution in [0.2, 0.25) is 0 Å². The van der Waals surface area contributed by atoms with Gasteiger partial charge in [-0.05, 0) is 35.7 Å². The maximum absolute atomic E-state index is 13.1. The van der Waals surface area contributed by atoms with Crippen LogP contribution in [0.25, 0.3) is 0 Å². The molecule has 3 aromatic rings. The van der Waals surface area contributed by atoms with Gasteiger partial charge in [0.15, 0.2) is 11.5 Å². The van der Waals surface area contributed by atoms with Crippen molar-refractivity contribution in [2.24, 2.45) is 0 Å². The summed E-state index contributed by atoms with van der Waals surface area (Å²) in [5, 5.41) is 5.47. The van der Waals surface area contributed by atoms with Gasteiger partial charge in [-0.3, -0.25) is 0 Å². The molecule has 1 aliphatic heterocycles. The molecule has 1 unspecified atom stereocenters. The summed E-state index contributed by atoms with van der Waals surface area (Å²) >= 11 is 0. The third kappa shape index (κ3) is 5.60. The molecule has 1 atom stereocenters. The molecule has 0 radical (unpaired) electrons. The lowest BCUT2D eigenvalue weighted by molar-refractivity contribution is -0.140. The molecular weight excluding hydrogens is 460 g/mol. The maximum atomic E-state index is 13.1. The number of carbonyl (C=O) groups excluding carboxylic acids is 2. The summed E-state index contributed by atoms with van der Waals surface area (Å²) in [5.41, 5.74) is 3.11. The average molecular weight is 489 g/mol. The molecule has 1 heterocycles. The number of nitrogens with one attached hydrogen (secondary N) is 2. The molecule has 36 heavy (non-hydrogen) atoms. The number of esters is 1. The SMILES string of the molecule is COc1cc(C2NC(=O)NC(C)=C2C(=O)OCc2ccccc2)cc(OC)c1OCc1ccccc1. The number of urea groups is 1. The fourth-order valence-corrected chi connectivity index (χ4v) is 3.95. The van der Waals surface area contributed by atoms with E-state index in [2.05, 4.69) is 10.6 Å². The van der Waals surface area contributed by atoms with Crippen molar-refractivity contribution in [1.82, 2.24) is 10.6 Å². The number of hydrogen-bond donors (Lipinski definition) is 2. The number of carbonyl (C=O) groups is 2. The van der Waals surface area contributed by atoms with E-state index in [4.69, 9.17) is 18.9 Å². The molecule has 0 aliphatic carbocycles. The summed E-state index contributed by atoms with van der Waals surface area (Å²) in [6, 6.07) is 21.3. The van der Waals surface area contributed by atoms with Crippen molar-refractivity contribution in [3.8, 4) is 17.2 Å². The van der Waals surface area contributed by atoms with Gasteiger partial charge in [0.2, 0.25) is 5.75 Å². The maximum Gasteiger partial charge on any atom is 0.338 e. The second-order valence-electron chi connectivity index (χ2n) is 8.16. The van der Waals surface area contributed by atoms with Crippen molar-refractivity contribution in [2.75, 3.05) is 14.2 Å². The van der Waals surface area contributed by atoms with Crippen molar-refractivity contribution in [3.63, 3.8) is 0 Å². The van der Waals surface area contributed by atoms with Crippen LogP contribution in [0.1, 0.15) is 29.7 Å². The van der Waals surface area contributed by atoms with Crippen LogP contribution in [0, 0.1) is 0 Å². The summed E-state index contributed by atoms with van der Waals surface area (Å²) in [7, 11) is 3.04. The van der Waals surface area contributed by atoms with Crippen LogP contribution in [0.3, 0.4) is 0 Å². The predicted molar refractivity (Wildman–Crippen MR) is 134 cm³/mol. The third-order valence-electron chi connectivity index (χ3n) is 5.74. The van der Waals surface area contributed by atoms with E-state index in [9.17, 15) is 9.59 Å². The summed E-state index contributed by atoms with van der Waals surface area (Å²) in [5.74, 6) is 0.684. The Bertz CT molecular complexity index is 1230. The van der Waals surface area contributed by atoms with Crippen molar-refractivity contribution in [2.45, 2.75) is 26.2 Å². The topological polar surface area (TPSA) is 95.1 Å². The standard InChI is InChI=1S/C28H28N2O6/c1-18-24(27(31)36-17-20-12-8-5-9-13-20)25(30-28(32)29-18)21-14-22(33-2)26(23(15-21)34-3)35-16-19-10-6-4-7-11-19/h4-15,25H,16-17H2,1-3H3,(H2,29,30,32). The first-order chi connectivity index (χ1) is 17.5. The van der Waals surface area contributed by atoms with Crippen LogP contribution < -0.4 is 24.8 Å². The highest BCUT2D eigenvalue weighted by Gasteiger charge is 2.33. The Morgan fingerprint density at radius 2 is 1.42 bits per heavy atom. The molecule has 1 aliphatic rings. The Balaban J connectivity index is 1.63. The van der Waals surface area contributed by atoms with Gasteiger partial charge in [-0.1, -0.05) is 60.7 Å². The zero-order valence-corrected chi connectivity index (χ0v) is 20.4. The monoisotopic (exact) mass is 488 g/mol. The molecule has 0 spiro atoms. The number of benzene rings is 3. The molecule has 0 saturated carbocycles. The summed E-state index contributed by atoms with van der Waals surface area (Å²) in [6.45, 7) is 2.08. The number of rotatable bonds is 9. The van der Waals surface area contributed by atoms with Gasteiger partial charge in [-0.2, -0.15) is 0 Å². The molecule has 0 bridgehead atoms. The molecule has 8 nitrogen and oxygen atoms in total. The Hall–Kier alpha value is -4.46. The van der Waals surface area contributed by atoms with Gasteiger partial charge in [0.05, 0.1) is 25.8 Å². The van der Waals surface area contributed by atoms with Gasteiger partial charge in [0.25, 0.3) is 0 Å². The van der Waals surface area contributed by atoms with E-state index < -0.39 is 18.0 Å². The lowest BCUT2D eigenvalue weighted by Gasteiger charge is -2.29. The molecule has 2 N–H and O–H groups in total. The fourth-order valence-electron chi connectivity index (χ4n) is 3.95. The second kappa shape index (κ2) is 11.3. The quantitative estimate of drug-likeness (QED) is 0.426. The van der Waals surface area contributed by atoms with Gasteiger partial charge in [-0.25, -0.2) is 9.59 Å². The summed E-state index contributed by atoms with van der Waals surface area (Å²) in [4.78, 5) is 25.5. The molecule has 186 valence electrons. The normalized spacial score (nSPS) is 15.0. The first kappa shape index (κ1) is 24.7. The van der Waals surface area contributed by atoms with Crippen LogP contribution in [0.4, 0.5) is 4.79 Å². The number of ether oxygens (including phenoxy) is 4. The van der Waals surface area contributed by atoms with E-state index in [1.807, 2.05) is 60.7 Å². The van der Waals surface area contributed by atoms with Gasteiger partial charge in [-0.15, -0.1) is 0 Å². The Kier molecular flexibility index (Phi) is 7.75. The Morgan fingerprint density at radius 1 is 0.861 bits per heavy atom. The number of hydrogen-bond acceptors (Lipinski definition) is 6. The lowest BCUT2D eigenvalue weighted by atomic mass is 9.95. The van der Waals surface area contributed by atoms with E-state index in [0.717, 1.165) is 11.1 Å². The van der Waals surface area contributed by atoms with Crippen LogP contribution in [0.15, 0.2) is 84.1 Å². The molecule has 4 rings (SSSR count). The van der Waals surface area contributed by atoms with Crippen molar-refractivity contribution >= 4 is 12.0 Å². The molecule has 2 amide bonds.